The lowest BCUT2D eigenvalue weighted by atomic mass is 10.0. The molecular weight excluding hydrogens is 280 g/mol. The summed E-state index contributed by atoms with van der Waals surface area (Å²) in [5.41, 5.74) is 0.0930. The first-order valence-electron chi connectivity index (χ1n) is 5.51. The van der Waals surface area contributed by atoms with Gasteiger partial charge in [0.1, 0.15) is 5.82 Å². The molecular formula is C14H9ClF4. The van der Waals surface area contributed by atoms with Crippen molar-refractivity contribution in [2.45, 2.75) is 11.8 Å². The van der Waals surface area contributed by atoms with Gasteiger partial charge in [-0.3, -0.25) is 0 Å². The Hall–Kier alpha value is -1.55. The van der Waals surface area contributed by atoms with E-state index in [4.69, 9.17) is 11.6 Å². The second-order valence-electron chi connectivity index (χ2n) is 4.03. The second-order valence-corrected chi connectivity index (χ2v) is 4.55. The molecule has 0 nitrogen and oxygen atoms in total. The highest BCUT2D eigenvalue weighted by molar-refractivity contribution is 6.20. The summed E-state index contributed by atoms with van der Waals surface area (Å²) in [6, 6.07) is 7.74. The Morgan fingerprint density at radius 2 is 1.53 bits per heavy atom. The number of rotatable bonds is 3. The van der Waals surface area contributed by atoms with E-state index in [2.05, 4.69) is 0 Å². The van der Waals surface area contributed by atoms with Crippen molar-refractivity contribution in [2.24, 2.45) is 0 Å². The third kappa shape index (κ3) is 2.89. The molecule has 0 heterocycles. The smallest absolute Gasteiger partial charge is 0.194 e. The van der Waals surface area contributed by atoms with E-state index >= 15 is 0 Å². The third-order valence-electron chi connectivity index (χ3n) is 2.76. The van der Waals surface area contributed by atoms with Gasteiger partial charge in [-0.15, -0.1) is 11.6 Å². The summed E-state index contributed by atoms with van der Waals surface area (Å²) in [4.78, 5) is 0. The van der Waals surface area contributed by atoms with Crippen molar-refractivity contribution < 1.29 is 17.6 Å². The zero-order valence-corrected chi connectivity index (χ0v) is 10.4. The van der Waals surface area contributed by atoms with E-state index in [1.54, 1.807) is 6.07 Å². The lowest BCUT2D eigenvalue weighted by molar-refractivity contribution is 0.440. The maximum atomic E-state index is 13.5. The Kier molecular flexibility index (Phi) is 4.10. The van der Waals surface area contributed by atoms with Crippen LogP contribution in [-0.2, 0) is 6.42 Å². The summed E-state index contributed by atoms with van der Waals surface area (Å²) in [6.07, 6.45) is -0.0176. The molecule has 2 aromatic carbocycles. The SMILES string of the molecule is Fc1ccccc1CC(Cl)c1ccc(F)c(F)c1F. The van der Waals surface area contributed by atoms with Gasteiger partial charge in [0.25, 0.3) is 0 Å². The minimum Gasteiger partial charge on any atom is -0.207 e. The van der Waals surface area contributed by atoms with Crippen LogP contribution in [-0.4, -0.2) is 0 Å². The monoisotopic (exact) mass is 288 g/mol. The summed E-state index contributed by atoms with van der Waals surface area (Å²) in [5, 5.41) is -0.980. The van der Waals surface area contributed by atoms with Gasteiger partial charge in [-0.25, -0.2) is 17.6 Å². The van der Waals surface area contributed by atoms with Gasteiger partial charge in [0, 0.05) is 5.56 Å². The summed E-state index contributed by atoms with van der Waals surface area (Å²) in [5.74, 6) is -4.67. The van der Waals surface area contributed by atoms with Crippen molar-refractivity contribution in [1.82, 2.24) is 0 Å². The summed E-state index contributed by atoms with van der Waals surface area (Å²) < 4.78 is 52.8. The van der Waals surface area contributed by atoms with Crippen LogP contribution in [0.3, 0.4) is 0 Å². The maximum Gasteiger partial charge on any atom is 0.194 e. The molecule has 0 saturated carbocycles. The standard InChI is InChI=1S/C14H9ClF4/c15-10(7-8-3-1-2-4-11(8)16)9-5-6-12(17)14(19)13(9)18/h1-6,10H,7H2. The van der Waals surface area contributed by atoms with Crippen molar-refractivity contribution in [3.05, 3.63) is 70.8 Å². The van der Waals surface area contributed by atoms with Crippen LogP contribution in [0.25, 0.3) is 0 Å². The molecule has 0 radical (unpaired) electrons. The molecule has 2 aromatic rings. The molecule has 0 saturated heterocycles. The molecule has 0 aliphatic rings. The first kappa shape index (κ1) is 13.9. The van der Waals surface area contributed by atoms with Crippen molar-refractivity contribution in [1.29, 1.82) is 0 Å². The van der Waals surface area contributed by atoms with Crippen LogP contribution in [0.5, 0.6) is 0 Å². The van der Waals surface area contributed by atoms with E-state index in [1.165, 1.54) is 18.2 Å². The highest BCUT2D eigenvalue weighted by Crippen LogP contribution is 2.29. The highest BCUT2D eigenvalue weighted by atomic mass is 35.5. The van der Waals surface area contributed by atoms with E-state index in [1.807, 2.05) is 0 Å². The number of alkyl halides is 1. The van der Waals surface area contributed by atoms with E-state index < -0.39 is 28.6 Å². The van der Waals surface area contributed by atoms with Gasteiger partial charge >= 0.3 is 0 Å². The first-order chi connectivity index (χ1) is 9.00. The Morgan fingerprint density at radius 1 is 0.842 bits per heavy atom. The van der Waals surface area contributed by atoms with Crippen LogP contribution >= 0.6 is 11.6 Å². The Morgan fingerprint density at radius 3 is 2.21 bits per heavy atom. The molecule has 0 aromatic heterocycles. The summed E-state index contributed by atoms with van der Waals surface area (Å²) in [6.45, 7) is 0. The largest absolute Gasteiger partial charge is 0.207 e. The topological polar surface area (TPSA) is 0 Å². The molecule has 19 heavy (non-hydrogen) atoms. The van der Waals surface area contributed by atoms with Gasteiger partial charge in [0.05, 0.1) is 5.38 Å². The van der Waals surface area contributed by atoms with Gasteiger partial charge < -0.3 is 0 Å². The molecule has 0 spiro atoms. The fourth-order valence-corrected chi connectivity index (χ4v) is 2.08. The number of hydrogen-bond acceptors (Lipinski definition) is 0. The predicted octanol–water partition coefficient (Wildman–Crippen LogP) is 4.77. The van der Waals surface area contributed by atoms with Crippen molar-refractivity contribution in [2.75, 3.05) is 0 Å². The van der Waals surface area contributed by atoms with Crippen molar-refractivity contribution in [3.63, 3.8) is 0 Å². The molecule has 0 aliphatic carbocycles. The van der Waals surface area contributed by atoms with Crippen LogP contribution in [0.4, 0.5) is 17.6 Å². The van der Waals surface area contributed by atoms with Gasteiger partial charge in [-0.2, -0.15) is 0 Å². The molecule has 2 rings (SSSR count). The molecule has 0 fully saturated rings. The minimum absolute atomic E-state index is 0.0176. The average molecular weight is 289 g/mol. The highest BCUT2D eigenvalue weighted by Gasteiger charge is 2.20. The van der Waals surface area contributed by atoms with E-state index in [9.17, 15) is 17.6 Å². The molecule has 1 unspecified atom stereocenters. The van der Waals surface area contributed by atoms with E-state index in [0.29, 0.717) is 0 Å². The lowest BCUT2D eigenvalue weighted by Gasteiger charge is -2.12. The number of hydrogen-bond donors (Lipinski definition) is 0. The molecule has 0 bridgehead atoms. The zero-order valence-electron chi connectivity index (χ0n) is 9.64. The predicted molar refractivity (Wildman–Crippen MR) is 65.0 cm³/mol. The molecule has 1 atom stereocenters. The quantitative estimate of drug-likeness (QED) is 0.434. The van der Waals surface area contributed by atoms with Crippen molar-refractivity contribution in [3.8, 4) is 0 Å². The Bertz CT molecular complexity index is 598. The van der Waals surface area contributed by atoms with E-state index in [0.717, 1.165) is 12.1 Å². The summed E-state index contributed by atoms with van der Waals surface area (Å²) in [7, 11) is 0. The van der Waals surface area contributed by atoms with Crippen LogP contribution < -0.4 is 0 Å². The van der Waals surface area contributed by atoms with E-state index in [-0.39, 0.29) is 17.5 Å². The normalized spacial score (nSPS) is 12.5. The van der Waals surface area contributed by atoms with Crippen LogP contribution in [0.2, 0.25) is 0 Å². The molecule has 0 N–H and O–H groups in total. The van der Waals surface area contributed by atoms with Crippen LogP contribution in [0, 0.1) is 23.3 Å². The fourth-order valence-electron chi connectivity index (χ4n) is 1.75. The molecule has 0 amide bonds. The van der Waals surface area contributed by atoms with Crippen molar-refractivity contribution >= 4 is 11.6 Å². The Balaban J connectivity index is 2.28. The van der Waals surface area contributed by atoms with Gasteiger partial charge in [-0.1, -0.05) is 24.3 Å². The zero-order chi connectivity index (χ0) is 14.0. The van der Waals surface area contributed by atoms with Crippen LogP contribution in [0.1, 0.15) is 16.5 Å². The number of benzene rings is 2. The van der Waals surface area contributed by atoms with Crippen LogP contribution in [0.15, 0.2) is 36.4 Å². The third-order valence-corrected chi connectivity index (χ3v) is 3.15. The summed E-state index contributed by atoms with van der Waals surface area (Å²) >= 11 is 5.95. The lowest BCUT2D eigenvalue weighted by Crippen LogP contribution is -2.04. The molecule has 0 aliphatic heterocycles. The Labute approximate surface area is 112 Å². The second kappa shape index (κ2) is 5.61. The maximum absolute atomic E-state index is 13.5. The van der Waals surface area contributed by atoms with Gasteiger partial charge in [0.15, 0.2) is 17.5 Å². The molecule has 100 valence electrons. The minimum atomic E-state index is -1.57. The first-order valence-corrected chi connectivity index (χ1v) is 5.95. The molecule has 5 heteroatoms. The van der Waals surface area contributed by atoms with Gasteiger partial charge in [0.2, 0.25) is 0 Å². The fraction of sp³-hybridized carbons (Fsp3) is 0.143. The average Bonchev–Trinajstić information content (AvgIpc) is 2.39. The number of halogens is 5. The van der Waals surface area contributed by atoms with Gasteiger partial charge in [-0.05, 0) is 24.1 Å².